The van der Waals surface area contributed by atoms with Gasteiger partial charge in [0, 0.05) is 23.8 Å². The van der Waals surface area contributed by atoms with Crippen molar-refractivity contribution in [2.75, 3.05) is 12.4 Å². The predicted octanol–water partition coefficient (Wildman–Crippen LogP) is 1.93. The molecule has 0 atom stereocenters. The van der Waals surface area contributed by atoms with Crippen LogP contribution in [0.1, 0.15) is 17.5 Å². The van der Waals surface area contributed by atoms with E-state index in [2.05, 4.69) is 25.1 Å². The molecule has 0 aliphatic heterocycles. The van der Waals surface area contributed by atoms with Crippen LogP contribution < -0.4 is 5.73 Å². The summed E-state index contributed by atoms with van der Waals surface area (Å²) in [4.78, 5) is 1.24. The Balaban J connectivity index is 2.65. The van der Waals surface area contributed by atoms with Gasteiger partial charge in [-0.15, -0.1) is 11.8 Å². The molecule has 0 unspecified atom stereocenters. The number of thioether (sulfide) groups is 1. The van der Waals surface area contributed by atoms with Gasteiger partial charge in [-0.2, -0.15) is 0 Å². The summed E-state index contributed by atoms with van der Waals surface area (Å²) in [6.07, 6.45) is 0.836. The lowest BCUT2D eigenvalue weighted by Crippen LogP contribution is -1.99. The summed E-state index contributed by atoms with van der Waals surface area (Å²) in [6, 6.07) is 6.33. The number of aliphatic hydroxyl groups excluding tert-OH is 1. The molecule has 3 heteroatoms. The zero-order valence-corrected chi connectivity index (χ0v) is 9.31. The molecule has 0 spiro atoms. The number of hydrogen-bond donors (Lipinski definition) is 2. The normalized spacial score (nSPS) is 10.5. The third kappa shape index (κ3) is 3.33. The zero-order chi connectivity index (χ0) is 10.4. The Morgan fingerprint density at radius 1 is 1.43 bits per heavy atom. The Kier molecular flexibility index (Phi) is 5.01. The molecule has 14 heavy (non-hydrogen) atoms. The highest BCUT2D eigenvalue weighted by atomic mass is 32.2. The predicted molar refractivity (Wildman–Crippen MR) is 61.5 cm³/mol. The SMILES string of the molecule is Cc1ccc(SCCCO)c(CN)c1. The second kappa shape index (κ2) is 6.06. The minimum absolute atomic E-state index is 0.261. The fraction of sp³-hybridized carbons (Fsp3) is 0.455. The number of rotatable bonds is 5. The topological polar surface area (TPSA) is 46.2 Å². The Morgan fingerprint density at radius 2 is 2.21 bits per heavy atom. The van der Waals surface area contributed by atoms with Crippen LogP contribution in [0.3, 0.4) is 0 Å². The van der Waals surface area contributed by atoms with Crippen LogP contribution in [0.25, 0.3) is 0 Å². The Labute approximate surface area is 89.5 Å². The van der Waals surface area contributed by atoms with Gasteiger partial charge >= 0.3 is 0 Å². The van der Waals surface area contributed by atoms with Crippen molar-refractivity contribution >= 4 is 11.8 Å². The van der Waals surface area contributed by atoms with Crippen molar-refractivity contribution in [1.29, 1.82) is 0 Å². The highest BCUT2D eigenvalue weighted by Crippen LogP contribution is 2.23. The summed E-state index contributed by atoms with van der Waals surface area (Å²) < 4.78 is 0. The first-order valence-corrected chi connectivity index (χ1v) is 5.79. The summed E-state index contributed by atoms with van der Waals surface area (Å²) in [6.45, 7) is 2.92. The lowest BCUT2D eigenvalue weighted by atomic mass is 10.1. The first-order chi connectivity index (χ1) is 6.77. The van der Waals surface area contributed by atoms with E-state index < -0.39 is 0 Å². The fourth-order valence-corrected chi connectivity index (χ4v) is 2.24. The van der Waals surface area contributed by atoms with Crippen LogP contribution in [0.15, 0.2) is 23.1 Å². The van der Waals surface area contributed by atoms with E-state index in [9.17, 15) is 0 Å². The summed E-state index contributed by atoms with van der Waals surface area (Å²) >= 11 is 1.76. The minimum atomic E-state index is 0.261. The average Bonchev–Trinajstić information content (AvgIpc) is 2.20. The Bertz CT molecular complexity index is 289. The molecule has 0 amide bonds. The van der Waals surface area contributed by atoms with E-state index in [-0.39, 0.29) is 6.61 Å². The second-order valence-electron chi connectivity index (χ2n) is 3.24. The summed E-state index contributed by atoms with van der Waals surface area (Å²) in [5.74, 6) is 0.951. The molecule has 1 aromatic rings. The van der Waals surface area contributed by atoms with Gasteiger partial charge in [0.1, 0.15) is 0 Å². The molecule has 0 bridgehead atoms. The van der Waals surface area contributed by atoms with Gasteiger partial charge in [0.25, 0.3) is 0 Å². The van der Waals surface area contributed by atoms with E-state index in [0.717, 1.165) is 12.2 Å². The maximum Gasteiger partial charge on any atom is 0.0439 e. The van der Waals surface area contributed by atoms with Crippen molar-refractivity contribution in [2.24, 2.45) is 5.73 Å². The molecule has 1 aromatic carbocycles. The minimum Gasteiger partial charge on any atom is -0.396 e. The Hall–Kier alpha value is -0.510. The third-order valence-corrected chi connectivity index (χ3v) is 3.20. The Morgan fingerprint density at radius 3 is 2.86 bits per heavy atom. The highest BCUT2D eigenvalue weighted by molar-refractivity contribution is 7.99. The number of benzene rings is 1. The fourth-order valence-electron chi connectivity index (χ4n) is 1.26. The molecular formula is C11H17NOS. The van der Waals surface area contributed by atoms with Gasteiger partial charge in [-0.3, -0.25) is 0 Å². The smallest absolute Gasteiger partial charge is 0.0439 e. The van der Waals surface area contributed by atoms with Crippen molar-refractivity contribution in [2.45, 2.75) is 24.8 Å². The molecule has 1 rings (SSSR count). The molecule has 78 valence electrons. The zero-order valence-electron chi connectivity index (χ0n) is 8.49. The lowest BCUT2D eigenvalue weighted by molar-refractivity contribution is 0.296. The standard InChI is InChI=1S/C11H17NOS/c1-9-3-4-11(10(7-9)8-12)14-6-2-5-13/h3-4,7,13H,2,5-6,8,12H2,1H3. The molecule has 0 heterocycles. The monoisotopic (exact) mass is 211 g/mol. The lowest BCUT2D eigenvalue weighted by Gasteiger charge is -2.07. The maximum atomic E-state index is 8.68. The van der Waals surface area contributed by atoms with E-state index >= 15 is 0 Å². The number of nitrogens with two attached hydrogens (primary N) is 1. The van der Waals surface area contributed by atoms with Crippen LogP contribution in [0, 0.1) is 6.92 Å². The number of aryl methyl sites for hydroxylation is 1. The van der Waals surface area contributed by atoms with Crippen molar-refractivity contribution in [1.82, 2.24) is 0 Å². The van der Waals surface area contributed by atoms with E-state index in [1.54, 1.807) is 11.8 Å². The summed E-state index contributed by atoms with van der Waals surface area (Å²) in [5, 5.41) is 8.68. The van der Waals surface area contributed by atoms with Crippen LogP contribution in [-0.4, -0.2) is 17.5 Å². The van der Waals surface area contributed by atoms with Crippen molar-refractivity contribution in [3.8, 4) is 0 Å². The molecule has 0 aromatic heterocycles. The van der Waals surface area contributed by atoms with Gasteiger partial charge in [-0.25, -0.2) is 0 Å². The number of hydrogen-bond acceptors (Lipinski definition) is 3. The van der Waals surface area contributed by atoms with Gasteiger partial charge in [0.05, 0.1) is 0 Å². The van der Waals surface area contributed by atoms with Crippen LogP contribution in [0.4, 0.5) is 0 Å². The molecular weight excluding hydrogens is 194 g/mol. The summed E-state index contributed by atoms with van der Waals surface area (Å²) in [5.41, 5.74) is 8.11. The number of aliphatic hydroxyl groups is 1. The molecule has 0 saturated heterocycles. The molecule has 0 aliphatic rings. The van der Waals surface area contributed by atoms with E-state index in [4.69, 9.17) is 10.8 Å². The van der Waals surface area contributed by atoms with E-state index in [1.807, 2.05) is 0 Å². The molecule has 0 radical (unpaired) electrons. The first kappa shape index (κ1) is 11.6. The first-order valence-electron chi connectivity index (χ1n) is 4.81. The molecule has 0 aliphatic carbocycles. The van der Waals surface area contributed by atoms with Gasteiger partial charge in [-0.05, 0) is 25.0 Å². The van der Waals surface area contributed by atoms with Gasteiger partial charge in [0.15, 0.2) is 0 Å². The molecule has 0 fully saturated rings. The molecule has 3 N–H and O–H groups in total. The van der Waals surface area contributed by atoms with Crippen LogP contribution >= 0.6 is 11.8 Å². The quantitative estimate of drug-likeness (QED) is 0.578. The largest absolute Gasteiger partial charge is 0.396 e. The van der Waals surface area contributed by atoms with Crippen LogP contribution in [0.5, 0.6) is 0 Å². The van der Waals surface area contributed by atoms with Gasteiger partial charge in [0.2, 0.25) is 0 Å². The molecule has 2 nitrogen and oxygen atoms in total. The van der Waals surface area contributed by atoms with Crippen molar-refractivity contribution < 1.29 is 5.11 Å². The third-order valence-electron chi connectivity index (χ3n) is 2.00. The second-order valence-corrected chi connectivity index (χ2v) is 4.38. The van der Waals surface area contributed by atoms with E-state index in [0.29, 0.717) is 6.54 Å². The average molecular weight is 211 g/mol. The van der Waals surface area contributed by atoms with Crippen LogP contribution in [0.2, 0.25) is 0 Å². The van der Waals surface area contributed by atoms with E-state index in [1.165, 1.54) is 16.0 Å². The summed E-state index contributed by atoms with van der Waals surface area (Å²) in [7, 11) is 0. The van der Waals surface area contributed by atoms with Gasteiger partial charge in [-0.1, -0.05) is 17.7 Å². The maximum absolute atomic E-state index is 8.68. The van der Waals surface area contributed by atoms with Crippen LogP contribution in [-0.2, 0) is 6.54 Å². The molecule has 0 saturated carbocycles. The van der Waals surface area contributed by atoms with Crippen molar-refractivity contribution in [3.63, 3.8) is 0 Å². The van der Waals surface area contributed by atoms with Gasteiger partial charge < -0.3 is 10.8 Å². The van der Waals surface area contributed by atoms with Crippen molar-refractivity contribution in [3.05, 3.63) is 29.3 Å². The highest BCUT2D eigenvalue weighted by Gasteiger charge is 2.01.